The van der Waals surface area contributed by atoms with Gasteiger partial charge in [-0.05, 0) is 38.1 Å². The second kappa shape index (κ2) is 7.80. The van der Waals surface area contributed by atoms with Gasteiger partial charge in [-0.25, -0.2) is 4.98 Å². The van der Waals surface area contributed by atoms with Crippen molar-refractivity contribution in [2.24, 2.45) is 0 Å². The minimum Gasteiger partial charge on any atom is -0.494 e. The molecule has 0 atom stereocenters. The minimum atomic E-state index is -0.0125. The summed E-state index contributed by atoms with van der Waals surface area (Å²) in [5, 5.41) is 0. The van der Waals surface area contributed by atoms with Gasteiger partial charge in [0.2, 0.25) is 0 Å². The summed E-state index contributed by atoms with van der Waals surface area (Å²) >= 11 is 1.54. The predicted molar refractivity (Wildman–Crippen MR) is 101 cm³/mol. The van der Waals surface area contributed by atoms with E-state index in [4.69, 9.17) is 4.74 Å². The predicted octanol–water partition coefficient (Wildman–Crippen LogP) is 3.49. The summed E-state index contributed by atoms with van der Waals surface area (Å²) in [4.78, 5) is 21.0. The van der Waals surface area contributed by atoms with E-state index in [1.54, 1.807) is 21.8 Å². The highest BCUT2D eigenvalue weighted by atomic mass is 32.1. The molecule has 0 aliphatic rings. The summed E-state index contributed by atoms with van der Waals surface area (Å²) in [7, 11) is 0. The third-order valence-corrected chi connectivity index (χ3v) is 4.91. The van der Waals surface area contributed by atoms with Crippen molar-refractivity contribution in [2.45, 2.75) is 33.9 Å². The fourth-order valence-electron chi connectivity index (χ4n) is 2.76. The number of hydrogen-bond acceptors (Lipinski definition) is 5. The van der Waals surface area contributed by atoms with Crippen molar-refractivity contribution >= 4 is 16.3 Å². The maximum absolute atomic E-state index is 12.2. The zero-order chi connectivity index (χ0) is 17.8. The minimum absolute atomic E-state index is 0.0125. The van der Waals surface area contributed by atoms with Crippen LogP contribution in [0.25, 0.3) is 4.96 Å². The van der Waals surface area contributed by atoms with Gasteiger partial charge in [-0.1, -0.05) is 19.1 Å². The first kappa shape index (κ1) is 17.6. The van der Waals surface area contributed by atoms with Crippen molar-refractivity contribution in [1.29, 1.82) is 0 Å². The number of nitrogens with zero attached hydrogens (tertiary/aromatic N) is 3. The van der Waals surface area contributed by atoms with E-state index in [0.29, 0.717) is 13.2 Å². The molecule has 0 saturated heterocycles. The highest BCUT2D eigenvalue weighted by Gasteiger charge is 2.10. The van der Waals surface area contributed by atoms with E-state index in [0.717, 1.165) is 34.4 Å². The van der Waals surface area contributed by atoms with Gasteiger partial charge in [0.15, 0.2) is 4.96 Å². The van der Waals surface area contributed by atoms with Gasteiger partial charge in [-0.2, -0.15) is 0 Å². The van der Waals surface area contributed by atoms with Crippen molar-refractivity contribution in [1.82, 2.24) is 14.3 Å². The lowest BCUT2D eigenvalue weighted by atomic mass is 10.2. The molecule has 0 radical (unpaired) electrons. The second-order valence-electron chi connectivity index (χ2n) is 5.96. The zero-order valence-corrected chi connectivity index (χ0v) is 15.7. The molecule has 3 aromatic rings. The Kier molecular flexibility index (Phi) is 5.50. The summed E-state index contributed by atoms with van der Waals surface area (Å²) < 4.78 is 7.10. The molecule has 25 heavy (non-hydrogen) atoms. The molecule has 3 rings (SSSR count). The number of thiazole rings is 1. The van der Waals surface area contributed by atoms with E-state index in [2.05, 4.69) is 28.9 Å². The maximum atomic E-state index is 12.2. The smallest absolute Gasteiger partial charge is 0.258 e. The van der Waals surface area contributed by atoms with Crippen molar-refractivity contribution in [2.75, 3.05) is 13.2 Å². The Morgan fingerprint density at radius 2 is 1.96 bits per heavy atom. The quantitative estimate of drug-likeness (QED) is 0.649. The number of benzene rings is 1. The van der Waals surface area contributed by atoms with Crippen LogP contribution < -0.4 is 10.3 Å². The molecule has 0 unspecified atom stereocenters. The largest absolute Gasteiger partial charge is 0.494 e. The summed E-state index contributed by atoms with van der Waals surface area (Å²) in [5.74, 6) is 0.891. The Bertz CT molecular complexity index is 899. The Morgan fingerprint density at radius 1 is 1.20 bits per heavy atom. The Morgan fingerprint density at radius 3 is 2.64 bits per heavy atom. The van der Waals surface area contributed by atoms with Gasteiger partial charge < -0.3 is 4.74 Å². The molecule has 132 valence electrons. The lowest BCUT2D eigenvalue weighted by Gasteiger charge is -2.20. The molecule has 0 saturated carbocycles. The monoisotopic (exact) mass is 357 g/mol. The van der Waals surface area contributed by atoms with Gasteiger partial charge in [-0.3, -0.25) is 14.1 Å². The molecule has 0 aliphatic carbocycles. The van der Waals surface area contributed by atoms with Crippen LogP contribution in [-0.2, 0) is 13.1 Å². The number of rotatable bonds is 7. The molecule has 0 fully saturated rings. The van der Waals surface area contributed by atoms with Crippen LogP contribution in [0.4, 0.5) is 0 Å². The number of ether oxygens (including phenoxy) is 1. The number of fused-ring (bicyclic) bond motifs is 1. The molecule has 0 spiro atoms. The highest BCUT2D eigenvalue weighted by Crippen LogP contribution is 2.16. The van der Waals surface area contributed by atoms with Crippen LogP contribution in [0.1, 0.15) is 30.0 Å². The molecule has 0 aliphatic heterocycles. The van der Waals surface area contributed by atoms with Crippen molar-refractivity contribution in [3.8, 4) is 5.75 Å². The molecule has 2 aromatic heterocycles. The lowest BCUT2D eigenvalue weighted by Crippen LogP contribution is -2.24. The Labute approximate surface area is 151 Å². The van der Waals surface area contributed by atoms with Crippen LogP contribution in [0.5, 0.6) is 5.75 Å². The summed E-state index contributed by atoms with van der Waals surface area (Å²) in [6.07, 6.45) is 1.84. The van der Waals surface area contributed by atoms with Crippen LogP contribution in [0.15, 0.2) is 41.3 Å². The fourth-order valence-corrected chi connectivity index (χ4v) is 3.61. The molecular formula is C19H23N3O2S. The van der Waals surface area contributed by atoms with Gasteiger partial charge in [0.25, 0.3) is 5.56 Å². The number of aromatic nitrogens is 2. The molecule has 1 aromatic carbocycles. The van der Waals surface area contributed by atoms with Crippen molar-refractivity contribution < 1.29 is 4.74 Å². The van der Waals surface area contributed by atoms with Crippen LogP contribution in [0.2, 0.25) is 0 Å². The summed E-state index contributed by atoms with van der Waals surface area (Å²) in [5.41, 5.74) is 2.02. The van der Waals surface area contributed by atoms with E-state index < -0.39 is 0 Å². The van der Waals surface area contributed by atoms with Gasteiger partial charge in [0.05, 0.1) is 12.3 Å². The molecule has 0 N–H and O–H groups in total. The van der Waals surface area contributed by atoms with Crippen LogP contribution in [0, 0.1) is 6.92 Å². The van der Waals surface area contributed by atoms with Crippen LogP contribution >= 0.6 is 11.3 Å². The summed E-state index contributed by atoms with van der Waals surface area (Å²) in [6, 6.07) is 9.80. The van der Waals surface area contributed by atoms with Crippen molar-refractivity contribution in [3.05, 3.63) is 63.0 Å². The first-order chi connectivity index (χ1) is 12.1. The summed E-state index contributed by atoms with van der Waals surface area (Å²) in [6.45, 7) is 9.12. The highest BCUT2D eigenvalue weighted by molar-refractivity contribution is 7.16. The topological polar surface area (TPSA) is 46.8 Å². The van der Waals surface area contributed by atoms with E-state index in [-0.39, 0.29) is 5.56 Å². The van der Waals surface area contributed by atoms with E-state index in [9.17, 15) is 4.79 Å². The van der Waals surface area contributed by atoms with E-state index >= 15 is 0 Å². The normalized spacial score (nSPS) is 11.4. The molecule has 0 amide bonds. The second-order valence-corrected chi connectivity index (χ2v) is 7.17. The third kappa shape index (κ3) is 4.27. The Hall–Kier alpha value is -2.18. The van der Waals surface area contributed by atoms with Crippen LogP contribution in [0.3, 0.4) is 0 Å². The number of aryl methyl sites for hydroxylation is 1. The molecule has 5 nitrogen and oxygen atoms in total. The number of hydrogen-bond donors (Lipinski definition) is 0. The molecule has 0 bridgehead atoms. The van der Waals surface area contributed by atoms with E-state index in [1.165, 1.54) is 5.56 Å². The average molecular weight is 357 g/mol. The SMILES string of the molecule is CCOc1ccc(CN(CC)Cc2cc(=O)n3cc(C)sc3n2)cc1. The lowest BCUT2D eigenvalue weighted by molar-refractivity contribution is 0.268. The first-order valence-electron chi connectivity index (χ1n) is 8.52. The molecule has 2 heterocycles. The van der Waals surface area contributed by atoms with Gasteiger partial charge in [0.1, 0.15) is 5.75 Å². The van der Waals surface area contributed by atoms with Gasteiger partial charge in [-0.15, -0.1) is 11.3 Å². The maximum Gasteiger partial charge on any atom is 0.258 e. The Balaban J connectivity index is 1.74. The van der Waals surface area contributed by atoms with Gasteiger partial charge >= 0.3 is 0 Å². The van der Waals surface area contributed by atoms with E-state index in [1.807, 2.05) is 32.2 Å². The molecule has 6 heteroatoms. The first-order valence-corrected chi connectivity index (χ1v) is 9.33. The molecular weight excluding hydrogens is 334 g/mol. The van der Waals surface area contributed by atoms with Crippen LogP contribution in [-0.4, -0.2) is 27.4 Å². The van der Waals surface area contributed by atoms with Crippen molar-refractivity contribution in [3.63, 3.8) is 0 Å². The fraction of sp³-hybridized carbons (Fsp3) is 0.368. The third-order valence-electron chi connectivity index (χ3n) is 4.01. The van der Waals surface area contributed by atoms with Gasteiger partial charge in [0, 0.05) is 30.2 Å². The zero-order valence-electron chi connectivity index (χ0n) is 14.9. The standard InChI is InChI=1S/C19H23N3O2S/c1-4-21(12-15-6-8-17(9-7-15)24-5-2)13-16-10-18(23)22-11-14(3)25-19(22)20-16/h6-11H,4-5,12-13H2,1-3H3. The average Bonchev–Trinajstić information content (AvgIpc) is 2.97.